The SMILES string of the molecule is FP(F)F.FP(F)F.FP(F)F.[Ru+3]. The van der Waals surface area contributed by atoms with Crippen LogP contribution in [0.1, 0.15) is 0 Å². The molecule has 0 spiro atoms. The average molecular weight is 365 g/mol. The topological polar surface area (TPSA) is 0 Å². The van der Waals surface area contributed by atoms with Crippen LogP contribution in [0.25, 0.3) is 0 Å². The minimum Gasteiger partial charge on any atom is -0.152 e. The smallest absolute Gasteiger partial charge is 0.152 e. The predicted molar refractivity (Wildman–Crippen MR) is 30.7 cm³/mol. The normalized spacial score (nSPS) is 8.31. The van der Waals surface area contributed by atoms with Crippen molar-refractivity contribution in [1.82, 2.24) is 0 Å². The van der Waals surface area contributed by atoms with Gasteiger partial charge < -0.3 is 0 Å². The average Bonchev–Trinajstić information content (AvgIpc) is 1.54. The summed E-state index contributed by atoms with van der Waals surface area (Å²) in [6.45, 7) is 0. The minimum absolute atomic E-state index is 0. The molecule has 0 nitrogen and oxygen atoms in total. The first kappa shape index (κ1) is 23.8. The van der Waals surface area contributed by atoms with E-state index in [1.807, 2.05) is 0 Å². The van der Waals surface area contributed by atoms with Crippen LogP contribution in [0.5, 0.6) is 0 Å². The van der Waals surface area contributed by atoms with Crippen LogP contribution in [0.3, 0.4) is 0 Å². The van der Waals surface area contributed by atoms with Crippen LogP contribution in [0.4, 0.5) is 37.8 Å². The van der Waals surface area contributed by atoms with E-state index in [0.29, 0.717) is 0 Å². The van der Waals surface area contributed by atoms with Crippen LogP contribution in [0, 0.1) is 0 Å². The predicted octanol–water partition coefficient (Wildman–Crippen LogP) is 6.36. The van der Waals surface area contributed by atoms with Crippen LogP contribution in [0.15, 0.2) is 0 Å². The molecule has 0 aromatic carbocycles. The van der Waals surface area contributed by atoms with Gasteiger partial charge in [0.15, 0.2) is 0 Å². The summed E-state index contributed by atoms with van der Waals surface area (Å²) in [5.74, 6) is 0. The van der Waals surface area contributed by atoms with Gasteiger partial charge in [-0.2, -0.15) is 37.8 Å². The molecule has 0 heterocycles. The van der Waals surface area contributed by atoms with E-state index in [9.17, 15) is 37.8 Å². The Morgan fingerprint density at radius 2 is 0.385 bits per heavy atom. The van der Waals surface area contributed by atoms with Gasteiger partial charge >= 0.3 is 46.0 Å². The molecule has 0 unspecified atom stereocenters. The van der Waals surface area contributed by atoms with Gasteiger partial charge in [0, 0.05) is 0 Å². The fourth-order valence-corrected chi connectivity index (χ4v) is 0. The van der Waals surface area contributed by atoms with Crippen LogP contribution in [0.2, 0.25) is 0 Å². The van der Waals surface area contributed by atoms with Gasteiger partial charge in [-0.15, -0.1) is 0 Å². The standard InChI is InChI=1S/3F3P.Ru/c3*1-4(2)3;/q;;;+3. The van der Waals surface area contributed by atoms with Gasteiger partial charge in [-0.3, -0.25) is 0 Å². The third kappa shape index (κ3) is 1030. The van der Waals surface area contributed by atoms with E-state index in [-0.39, 0.29) is 19.5 Å². The van der Waals surface area contributed by atoms with Crippen molar-refractivity contribution in [2.45, 2.75) is 0 Å². The summed E-state index contributed by atoms with van der Waals surface area (Å²) in [6.07, 6.45) is 0. The second-order valence-electron chi connectivity index (χ2n) is 0.575. The van der Waals surface area contributed by atoms with E-state index in [1.54, 1.807) is 0 Å². The Balaban J connectivity index is -0.0000000450. The van der Waals surface area contributed by atoms with Crippen LogP contribution >= 0.6 is 26.6 Å². The van der Waals surface area contributed by atoms with Crippen molar-refractivity contribution in [3.8, 4) is 0 Å². The molecule has 1 radical (unpaired) electrons. The fraction of sp³-hybridized carbons (Fsp3) is 0. The Labute approximate surface area is 84.4 Å². The van der Waals surface area contributed by atoms with Crippen molar-refractivity contribution in [2.24, 2.45) is 0 Å². The first-order valence-electron chi connectivity index (χ1n) is 1.52. The molecule has 0 aliphatic heterocycles. The van der Waals surface area contributed by atoms with Crippen LogP contribution < -0.4 is 0 Å². The van der Waals surface area contributed by atoms with E-state index in [0.717, 1.165) is 0 Å². The molecule has 0 bridgehead atoms. The van der Waals surface area contributed by atoms with Gasteiger partial charge in [0.1, 0.15) is 0 Å². The number of hydrogen-bond donors (Lipinski definition) is 0. The third-order valence-electron chi connectivity index (χ3n) is 0. The maximum Gasteiger partial charge on any atom is 3.00 e. The van der Waals surface area contributed by atoms with Gasteiger partial charge in [0.25, 0.3) is 0 Å². The molecule has 0 aliphatic carbocycles. The Bertz CT molecular complexity index is 43.4. The van der Waals surface area contributed by atoms with E-state index >= 15 is 0 Å². The van der Waals surface area contributed by atoms with Gasteiger partial charge in [0.2, 0.25) is 0 Å². The van der Waals surface area contributed by atoms with Crippen LogP contribution in [-0.4, -0.2) is 0 Å². The third-order valence-corrected chi connectivity index (χ3v) is 0. The van der Waals surface area contributed by atoms with Gasteiger partial charge in [-0.05, 0) is 0 Å². The quantitative estimate of drug-likeness (QED) is 0.266. The van der Waals surface area contributed by atoms with Crippen LogP contribution in [-0.2, 0) is 19.5 Å². The molecule has 0 atom stereocenters. The second-order valence-corrected chi connectivity index (χ2v) is 1.72. The van der Waals surface area contributed by atoms with Crippen molar-refractivity contribution >= 4 is 26.6 Å². The molecule has 0 aromatic rings. The largest absolute Gasteiger partial charge is 3.00 e. The summed E-state index contributed by atoms with van der Waals surface area (Å²) in [5.41, 5.74) is 0. The molecular weight excluding hydrogens is 365 g/mol. The first-order chi connectivity index (χ1) is 5.20. The molecule has 0 saturated carbocycles. The molecule has 0 aromatic heterocycles. The number of halogens is 9. The Morgan fingerprint density at radius 3 is 0.385 bits per heavy atom. The van der Waals surface area contributed by atoms with E-state index < -0.39 is 26.6 Å². The van der Waals surface area contributed by atoms with Gasteiger partial charge in [-0.1, -0.05) is 0 Å². The summed E-state index contributed by atoms with van der Waals surface area (Å²) in [6, 6.07) is 0. The van der Waals surface area contributed by atoms with E-state index in [1.165, 1.54) is 0 Å². The van der Waals surface area contributed by atoms with Gasteiger partial charge in [0.05, 0.1) is 0 Å². The van der Waals surface area contributed by atoms with Gasteiger partial charge in [-0.25, -0.2) is 0 Å². The molecule has 0 rings (SSSR count). The number of rotatable bonds is 0. The summed E-state index contributed by atoms with van der Waals surface area (Å²) < 4.78 is 87.6. The molecule has 0 amide bonds. The number of hydrogen-bond acceptors (Lipinski definition) is 0. The molecule has 0 saturated heterocycles. The molecule has 13 heavy (non-hydrogen) atoms. The van der Waals surface area contributed by atoms with Crippen molar-refractivity contribution in [2.75, 3.05) is 0 Å². The zero-order valence-corrected chi connectivity index (χ0v) is 9.52. The summed E-state index contributed by atoms with van der Waals surface area (Å²) in [4.78, 5) is 0. The molecule has 0 fully saturated rings. The monoisotopic (exact) mass is 366 g/mol. The fourth-order valence-electron chi connectivity index (χ4n) is 0. The molecule has 0 N–H and O–H groups in total. The van der Waals surface area contributed by atoms with Crippen molar-refractivity contribution in [3.05, 3.63) is 0 Å². The Kier molecular flexibility index (Phi) is 34.7. The zero-order chi connectivity index (χ0) is 10.7. The first-order valence-corrected chi connectivity index (χ1v) is 4.56. The van der Waals surface area contributed by atoms with E-state index in [2.05, 4.69) is 0 Å². The van der Waals surface area contributed by atoms with E-state index in [4.69, 9.17) is 0 Å². The Morgan fingerprint density at radius 1 is 0.385 bits per heavy atom. The molecule has 13 heteroatoms. The minimum atomic E-state index is -4.12. The second kappa shape index (κ2) is 19.0. The molecule has 83 valence electrons. The maximum absolute atomic E-state index is 9.73. The van der Waals surface area contributed by atoms with Crippen molar-refractivity contribution < 1.29 is 57.3 Å². The summed E-state index contributed by atoms with van der Waals surface area (Å²) >= 11 is 0. The molecular formula is F9P3Ru+3. The Hall–Kier alpha value is 1.28. The summed E-state index contributed by atoms with van der Waals surface area (Å²) in [7, 11) is -12.4. The molecule has 0 aliphatic rings. The van der Waals surface area contributed by atoms with Crippen molar-refractivity contribution in [1.29, 1.82) is 0 Å². The maximum atomic E-state index is 9.73. The summed E-state index contributed by atoms with van der Waals surface area (Å²) in [5, 5.41) is 0. The van der Waals surface area contributed by atoms with Crippen molar-refractivity contribution in [3.63, 3.8) is 0 Å². The zero-order valence-electron chi connectivity index (χ0n) is 5.10.